The van der Waals surface area contributed by atoms with E-state index in [0.29, 0.717) is 31.1 Å². The highest BCUT2D eigenvalue weighted by atomic mass is 16.5. The number of likely N-dealkylation sites (tertiary alicyclic amines) is 1. The molecule has 1 amide bonds. The average molecular weight is 432 g/mol. The molecular weight excluding hydrogens is 402 g/mol. The Morgan fingerprint density at radius 2 is 1.69 bits per heavy atom. The molecule has 0 N–H and O–H groups in total. The fourth-order valence-corrected chi connectivity index (χ4v) is 5.24. The normalized spacial score (nSPS) is 19.2. The van der Waals surface area contributed by atoms with E-state index in [1.807, 2.05) is 47.4 Å². The minimum atomic E-state index is -0.481. The van der Waals surface area contributed by atoms with E-state index in [1.165, 1.54) is 0 Å². The van der Waals surface area contributed by atoms with Crippen molar-refractivity contribution >= 4 is 16.8 Å². The molecule has 2 aliphatic rings. The summed E-state index contributed by atoms with van der Waals surface area (Å²) in [5.41, 5.74) is 1.37. The second kappa shape index (κ2) is 8.87. The number of benzene rings is 2. The monoisotopic (exact) mass is 431 g/mol. The SMILES string of the molecule is O=C(N1CCC(Cn2cnc3ccccc3c2=O)CC1)C1(c2ccccc2)CCOCC1. The van der Waals surface area contributed by atoms with Crippen LogP contribution in [0.1, 0.15) is 31.2 Å². The fourth-order valence-electron chi connectivity index (χ4n) is 5.24. The van der Waals surface area contributed by atoms with Gasteiger partial charge in [0.15, 0.2) is 0 Å². The highest BCUT2D eigenvalue weighted by Gasteiger charge is 2.44. The van der Waals surface area contributed by atoms with Crippen molar-refractivity contribution < 1.29 is 9.53 Å². The lowest BCUT2D eigenvalue weighted by Crippen LogP contribution is -2.52. The van der Waals surface area contributed by atoms with Crippen molar-refractivity contribution in [3.05, 3.63) is 76.8 Å². The maximum absolute atomic E-state index is 13.7. The topological polar surface area (TPSA) is 64.4 Å². The number of aromatic nitrogens is 2. The number of hydrogen-bond acceptors (Lipinski definition) is 4. The molecule has 1 aromatic heterocycles. The van der Waals surface area contributed by atoms with Crippen LogP contribution >= 0.6 is 0 Å². The van der Waals surface area contributed by atoms with Crippen molar-refractivity contribution in [2.75, 3.05) is 26.3 Å². The average Bonchev–Trinajstić information content (AvgIpc) is 2.87. The minimum absolute atomic E-state index is 0.0133. The lowest BCUT2D eigenvalue weighted by molar-refractivity contribution is -0.142. The first-order chi connectivity index (χ1) is 15.7. The molecule has 0 atom stereocenters. The van der Waals surface area contributed by atoms with Crippen LogP contribution in [0.4, 0.5) is 0 Å². The van der Waals surface area contributed by atoms with E-state index in [1.54, 1.807) is 10.9 Å². The Morgan fingerprint density at radius 3 is 2.44 bits per heavy atom. The van der Waals surface area contributed by atoms with E-state index in [9.17, 15) is 9.59 Å². The number of amides is 1. The number of nitrogens with zero attached hydrogens (tertiary/aromatic N) is 3. The van der Waals surface area contributed by atoms with Crippen LogP contribution in [0.5, 0.6) is 0 Å². The zero-order valence-electron chi connectivity index (χ0n) is 18.3. The molecule has 6 heteroatoms. The van der Waals surface area contributed by atoms with Gasteiger partial charge in [0, 0.05) is 32.8 Å². The maximum Gasteiger partial charge on any atom is 0.261 e. The first-order valence-corrected chi connectivity index (χ1v) is 11.5. The van der Waals surface area contributed by atoms with E-state index in [4.69, 9.17) is 4.74 Å². The van der Waals surface area contributed by atoms with E-state index >= 15 is 0 Å². The summed E-state index contributed by atoms with van der Waals surface area (Å²) in [6.07, 6.45) is 4.91. The molecule has 5 rings (SSSR count). The van der Waals surface area contributed by atoms with Gasteiger partial charge in [0.1, 0.15) is 0 Å². The smallest absolute Gasteiger partial charge is 0.261 e. The van der Waals surface area contributed by atoms with Gasteiger partial charge < -0.3 is 9.64 Å². The molecule has 2 aliphatic heterocycles. The molecule has 166 valence electrons. The van der Waals surface area contributed by atoms with E-state index in [0.717, 1.165) is 49.9 Å². The fraction of sp³-hybridized carbons (Fsp3) is 0.423. The summed E-state index contributed by atoms with van der Waals surface area (Å²) < 4.78 is 7.33. The number of piperidine rings is 1. The Bertz CT molecular complexity index is 1140. The van der Waals surface area contributed by atoms with Crippen molar-refractivity contribution in [3.63, 3.8) is 0 Å². The highest BCUT2D eigenvalue weighted by molar-refractivity contribution is 5.88. The lowest BCUT2D eigenvalue weighted by Gasteiger charge is -2.42. The molecule has 3 heterocycles. The van der Waals surface area contributed by atoms with Crippen LogP contribution in [-0.2, 0) is 21.5 Å². The van der Waals surface area contributed by atoms with Crippen LogP contribution in [0.15, 0.2) is 65.7 Å². The molecule has 2 saturated heterocycles. The number of carbonyl (C=O) groups excluding carboxylic acids is 1. The van der Waals surface area contributed by atoms with Gasteiger partial charge in [0.25, 0.3) is 5.56 Å². The zero-order chi connectivity index (χ0) is 22.0. The summed E-state index contributed by atoms with van der Waals surface area (Å²) in [5.74, 6) is 0.595. The predicted molar refractivity (Wildman–Crippen MR) is 123 cm³/mol. The number of hydrogen-bond donors (Lipinski definition) is 0. The van der Waals surface area contributed by atoms with Crippen molar-refractivity contribution in [1.29, 1.82) is 0 Å². The second-order valence-corrected chi connectivity index (χ2v) is 9.02. The number of carbonyl (C=O) groups is 1. The number of ether oxygens (including phenoxy) is 1. The molecule has 3 aromatic rings. The quantitative estimate of drug-likeness (QED) is 0.635. The van der Waals surface area contributed by atoms with Gasteiger partial charge in [0.2, 0.25) is 5.91 Å². The molecule has 0 bridgehead atoms. The lowest BCUT2D eigenvalue weighted by atomic mass is 9.72. The van der Waals surface area contributed by atoms with Crippen molar-refractivity contribution in [1.82, 2.24) is 14.5 Å². The third kappa shape index (κ3) is 3.84. The van der Waals surface area contributed by atoms with E-state index in [-0.39, 0.29) is 11.5 Å². The number of para-hydroxylation sites is 1. The van der Waals surface area contributed by atoms with Gasteiger partial charge in [-0.15, -0.1) is 0 Å². The molecule has 2 fully saturated rings. The number of fused-ring (bicyclic) bond motifs is 1. The molecule has 0 aliphatic carbocycles. The summed E-state index contributed by atoms with van der Waals surface area (Å²) in [7, 11) is 0. The van der Waals surface area contributed by atoms with Crippen molar-refractivity contribution in [3.8, 4) is 0 Å². The molecule has 0 saturated carbocycles. The Morgan fingerprint density at radius 1 is 1.00 bits per heavy atom. The van der Waals surface area contributed by atoms with Gasteiger partial charge >= 0.3 is 0 Å². The molecule has 6 nitrogen and oxygen atoms in total. The van der Waals surface area contributed by atoms with Gasteiger partial charge in [-0.25, -0.2) is 4.98 Å². The Balaban J connectivity index is 1.28. The Labute approximate surface area is 187 Å². The molecule has 0 spiro atoms. The van der Waals surface area contributed by atoms with Crippen LogP contribution in [-0.4, -0.2) is 46.7 Å². The van der Waals surface area contributed by atoms with Crippen molar-refractivity contribution in [2.24, 2.45) is 5.92 Å². The molecule has 32 heavy (non-hydrogen) atoms. The van der Waals surface area contributed by atoms with E-state index < -0.39 is 5.41 Å². The van der Waals surface area contributed by atoms with Crippen LogP contribution in [0.25, 0.3) is 10.9 Å². The third-order valence-corrected chi connectivity index (χ3v) is 7.17. The van der Waals surface area contributed by atoms with Crippen LogP contribution in [0, 0.1) is 5.92 Å². The Hall–Kier alpha value is -2.99. The first kappa shape index (κ1) is 20.9. The molecule has 0 unspecified atom stereocenters. The summed E-state index contributed by atoms with van der Waals surface area (Å²) in [5, 5.41) is 0.659. The summed E-state index contributed by atoms with van der Waals surface area (Å²) in [4.78, 5) is 33.1. The summed E-state index contributed by atoms with van der Waals surface area (Å²) in [6.45, 7) is 3.35. The first-order valence-electron chi connectivity index (χ1n) is 11.5. The Kier molecular flexibility index (Phi) is 5.79. The van der Waals surface area contributed by atoms with Crippen molar-refractivity contribution in [2.45, 2.75) is 37.6 Å². The summed E-state index contributed by atoms with van der Waals surface area (Å²) >= 11 is 0. The second-order valence-electron chi connectivity index (χ2n) is 9.02. The minimum Gasteiger partial charge on any atom is -0.381 e. The van der Waals surface area contributed by atoms with Crippen LogP contribution < -0.4 is 5.56 Å². The van der Waals surface area contributed by atoms with Crippen LogP contribution in [0.2, 0.25) is 0 Å². The number of rotatable bonds is 4. The zero-order valence-corrected chi connectivity index (χ0v) is 18.3. The van der Waals surface area contributed by atoms with Gasteiger partial charge in [0.05, 0.1) is 22.6 Å². The highest BCUT2D eigenvalue weighted by Crippen LogP contribution is 2.37. The van der Waals surface area contributed by atoms with Crippen LogP contribution in [0.3, 0.4) is 0 Å². The van der Waals surface area contributed by atoms with Gasteiger partial charge in [-0.05, 0) is 49.3 Å². The molecule has 2 aromatic carbocycles. The van der Waals surface area contributed by atoms with Gasteiger partial charge in [-0.1, -0.05) is 42.5 Å². The predicted octanol–water partition coefficient (Wildman–Crippen LogP) is 3.38. The molecular formula is C26H29N3O3. The van der Waals surface area contributed by atoms with Gasteiger partial charge in [-0.3, -0.25) is 14.2 Å². The summed E-state index contributed by atoms with van der Waals surface area (Å²) in [6, 6.07) is 17.7. The van der Waals surface area contributed by atoms with E-state index in [2.05, 4.69) is 17.1 Å². The molecule has 0 radical (unpaired) electrons. The van der Waals surface area contributed by atoms with Gasteiger partial charge in [-0.2, -0.15) is 0 Å². The largest absolute Gasteiger partial charge is 0.381 e. The standard InChI is InChI=1S/C26H29N3O3/c30-24-22-8-4-5-9-23(22)27-19-29(24)18-20-10-14-28(15-11-20)25(31)26(12-16-32-17-13-26)21-6-2-1-3-7-21/h1-9,19-20H,10-18H2. The third-order valence-electron chi connectivity index (χ3n) is 7.17. The maximum atomic E-state index is 13.7.